The Morgan fingerprint density at radius 2 is 1.81 bits per heavy atom. The van der Waals surface area contributed by atoms with Gasteiger partial charge < -0.3 is 19.6 Å². The maximum absolute atomic E-state index is 12.9. The van der Waals surface area contributed by atoms with E-state index in [4.69, 9.17) is 9.15 Å². The molecule has 0 bridgehead atoms. The highest BCUT2D eigenvalue weighted by Gasteiger charge is 2.30. The number of aliphatic carboxylic acids is 1. The Morgan fingerprint density at radius 1 is 1.16 bits per heavy atom. The molecule has 0 aliphatic rings. The Bertz CT molecular complexity index is 1200. The summed E-state index contributed by atoms with van der Waals surface area (Å²) in [6.45, 7) is 6.72. The number of benzene rings is 2. The molecule has 0 fully saturated rings. The molecule has 0 aliphatic carbocycles. The van der Waals surface area contributed by atoms with Crippen LogP contribution in [0.1, 0.15) is 41.1 Å². The second-order valence-corrected chi connectivity index (χ2v) is 8.90. The Kier molecular flexibility index (Phi) is 6.69. The van der Waals surface area contributed by atoms with Crippen LogP contribution in [0.4, 0.5) is 5.69 Å². The van der Waals surface area contributed by atoms with Crippen LogP contribution in [0, 0.1) is 13.8 Å². The molecule has 3 aromatic rings. The zero-order valence-corrected chi connectivity index (χ0v) is 19.8. The predicted molar refractivity (Wildman–Crippen MR) is 129 cm³/mol. The van der Waals surface area contributed by atoms with Crippen LogP contribution in [0.2, 0.25) is 0 Å². The minimum Gasteiger partial charge on any atom is -0.478 e. The van der Waals surface area contributed by atoms with E-state index in [0.29, 0.717) is 17.0 Å². The first-order valence-corrected chi connectivity index (χ1v) is 11.3. The first-order chi connectivity index (χ1) is 15.1. The Hall–Kier alpha value is -3.19. The van der Waals surface area contributed by atoms with Crippen LogP contribution < -0.4 is 10.1 Å². The van der Waals surface area contributed by atoms with Gasteiger partial charge >= 0.3 is 5.97 Å². The average molecular weight is 454 g/mol. The molecule has 0 unspecified atom stereocenters. The number of ether oxygens (including phenoxy) is 1. The molecule has 6 nitrogen and oxygen atoms in total. The molecule has 1 heterocycles. The van der Waals surface area contributed by atoms with Crippen molar-refractivity contribution in [3.8, 4) is 5.75 Å². The third kappa shape index (κ3) is 4.67. The van der Waals surface area contributed by atoms with Crippen molar-refractivity contribution in [2.24, 2.45) is 0 Å². The minimum absolute atomic E-state index is 0.251. The molecule has 168 valence electrons. The lowest BCUT2D eigenvalue weighted by Gasteiger charge is -2.24. The smallest absolute Gasteiger partial charge is 0.347 e. The number of furan rings is 1. The molecule has 7 heteroatoms. The maximum Gasteiger partial charge on any atom is 0.347 e. The second kappa shape index (κ2) is 9.12. The van der Waals surface area contributed by atoms with Crippen molar-refractivity contribution in [2.45, 2.75) is 38.2 Å². The van der Waals surface area contributed by atoms with Crippen molar-refractivity contribution in [2.75, 3.05) is 18.6 Å². The Labute approximate surface area is 191 Å². The summed E-state index contributed by atoms with van der Waals surface area (Å²) in [5, 5.41) is 13.3. The van der Waals surface area contributed by atoms with E-state index in [1.807, 2.05) is 50.4 Å². The lowest BCUT2D eigenvalue weighted by Crippen LogP contribution is -2.38. The number of carboxylic acid groups (broad SMARTS) is 1. The Balaban J connectivity index is 1.89. The quantitative estimate of drug-likeness (QED) is 0.247. The van der Waals surface area contributed by atoms with Gasteiger partial charge in [-0.05, 0) is 87.0 Å². The number of fused-ring (bicyclic) bond motifs is 1. The average Bonchev–Trinajstić information content (AvgIpc) is 3.12. The number of anilines is 1. The molecule has 0 atom stereocenters. The summed E-state index contributed by atoms with van der Waals surface area (Å²) >= 11 is 1.61. The molecule has 0 aliphatic heterocycles. The van der Waals surface area contributed by atoms with Crippen LogP contribution in [0.15, 0.2) is 45.7 Å². The number of allylic oxidation sites excluding steroid dienone is 1. The molecular formula is C25H27NO5S. The van der Waals surface area contributed by atoms with Gasteiger partial charge in [-0.25, -0.2) is 4.79 Å². The number of hydrogen-bond donors (Lipinski definition) is 2. The van der Waals surface area contributed by atoms with Gasteiger partial charge in [-0.1, -0.05) is 6.08 Å². The topological polar surface area (TPSA) is 88.8 Å². The molecule has 2 aromatic carbocycles. The van der Waals surface area contributed by atoms with Gasteiger partial charge in [-0.3, -0.25) is 4.79 Å². The molecular weight excluding hydrogens is 426 g/mol. The van der Waals surface area contributed by atoms with Gasteiger partial charge in [0, 0.05) is 17.3 Å². The zero-order valence-electron chi connectivity index (χ0n) is 19.0. The van der Waals surface area contributed by atoms with Crippen molar-refractivity contribution >= 4 is 46.2 Å². The van der Waals surface area contributed by atoms with Gasteiger partial charge in [0.2, 0.25) is 5.78 Å². The number of carbonyl (C=O) groups is 2. The summed E-state index contributed by atoms with van der Waals surface area (Å²) in [7, 11) is 1.76. The van der Waals surface area contributed by atoms with Gasteiger partial charge in [0.1, 0.15) is 11.3 Å². The lowest BCUT2D eigenvalue weighted by atomic mass is 10.0. The number of hydrogen-bond acceptors (Lipinski definition) is 6. The van der Waals surface area contributed by atoms with Crippen molar-refractivity contribution in [1.82, 2.24) is 0 Å². The molecule has 0 saturated heterocycles. The van der Waals surface area contributed by atoms with E-state index < -0.39 is 11.6 Å². The largest absolute Gasteiger partial charge is 0.478 e. The number of carbonyl (C=O) groups excluding carboxylic acids is 1. The molecule has 1 aromatic heterocycles. The van der Waals surface area contributed by atoms with E-state index in [0.717, 1.165) is 27.0 Å². The van der Waals surface area contributed by atoms with Crippen LogP contribution in [0.5, 0.6) is 5.75 Å². The fourth-order valence-corrected chi connectivity index (χ4v) is 3.84. The summed E-state index contributed by atoms with van der Waals surface area (Å²) in [5.74, 6) is -0.505. The second-order valence-electron chi connectivity index (χ2n) is 8.02. The lowest BCUT2D eigenvalue weighted by molar-refractivity contribution is -0.152. The number of nitrogens with one attached hydrogen (secondary N) is 1. The molecule has 0 saturated carbocycles. The van der Waals surface area contributed by atoms with E-state index in [-0.39, 0.29) is 11.5 Å². The van der Waals surface area contributed by atoms with Crippen molar-refractivity contribution in [3.63, 3.8) is 0 Å². The summed E-state index contributed by atoms with van der Waals surface area (Å²) in [6, 6.07) is 9.57. The van der Waals surface area contributed by atoms with Crippen LogP contribution in [0.3, 0.4) is 0 Å². The fraction of sp³-hybridized carbons (Fsp3) is 0.280. The van der Waals surface area contributed by atoms with Crippen LogP contribution in [-0.2, 0) is 4.79 Å². The molecule has 0 amide bonds. The van der Waals surface area contributed by atoms with E-state index in [2.05, 4.69) is 5.32 Å². The molecule has 0 radical (unpaired) electrons. The van der Waals surface area contributed by atoms with Gasteiger partial charge in [0.15, 0.2) is 11.4 Å². The number of carboxylic acids is 1. The summed E-state index contributed by atoms with van der Waals surface area (Å²) in [6.07, 6.45) is 5.18. The van der Waals surface area contributed by atoms with Gasteiger partial charge in [0.25, 0.3) is 0 Å². The summed E-state index contributed by atoms with van der Waals surface area (Å²) in [5.41, 5.74) is 2.36. The number of rotatable bonds is 8. The van der Waals surface area contributed by atoms with Gasteiger partial charge in [-0.15, -0.1) is 11.8 Å². The number of aryl methyl sites for hydroxylation is 2. The molecule has 32 heavy (non-hydrogen) atoms. The summed E-state index contributed by atoms with van der Waals surface area (Å²) < 4.78 is 11.6. The van der Waals surface area contributed by atoms with E-state index in [9.17, 15) is 14.7 Å². The highest BCUT2D eigenvalue weighted by atomic mass is 32.2. The van der Waals surface area contributed by atoms with Gasteiger partial charge in [0.05, 0.1) is 5.69 Å². The predicted octanol–water partition coefficient (Wildman–Crippen LogP) is 5.95. The highest BCUT2D eigenvalue weighted by molar-refractivity contribution is 7.98. The monoisotopic (exact) mass is 453 g/mol. The van der Waals surface area contributed by atoms with Crippen molar-refractivity contribution in [3.05, 3.63) is 58.9 Å². The SMILES string of the molecule is CNc1c(C(=O)/C=C/c2cc(C)c(OC(C)(C)C(=O)O)c(C)c2)oc2cc(SC)ccc12. The van der Waals surface area contributed by atoms with Crippen molar-refractivity contribution in [1.29, 1.82) is 0 Å². The highest BCUT2D eigenvalue weighted by Crippen LogP contribution is 2.34. The van der Waals surface area contributed by atoms with Crippen LogP contribution in [-0.4, -0.2) is 35.8 Å². The van der Waals surface area contributed by atoms with Gasteiger partial charge in [-0.2, -0.15) is 0 Å². The minimum atomic E-state index is -1.34. The third-order valence-electron chi connectivity index (χ3n) is 5.15. The molecule has 0 spiro atoms. The zero-order chi connectivity index (χ0) is 23.6. The first kappa shape index (κ1) is 23.5. The van der Waals surface area contributed by atoms with E-state index >= 15 is 0 Å². The number of thioether (sulfide) groups is 1. The van der Waals surface area contributed by atoms with Crippen LogP contribution in [0.25, 0.3) is 17.0 Å². The Morgan fingerprint density at radius 3 is 2.38 bits per heavy atom. The third-order valence-corrected chi connectivity index (χ3v) is 5.88. The standard InChI is InChI=1S/C25H27NO5S/c1-14-11-16(12-15(2)22(14)31-25(3,4)24(28)29)7-10-19(27)23-21(26-5)18-9-8-17(32-6)13-20(18)30-23/h7-13,26H,1-6H3,(H,28,29)/b10-7+. The maximum atomic E-state index is 12.9. The fourth-order valence-electron chi connectivity index (χ4n) is 3.41. The summed E-state index contributed by atoms with van der Waals surface area (Å²) in [4.78, 5) is 25.4. The molecule has 2 N–H and O–H groups in total. The van der Waals surface area contributed by atoms with E-state index in [1.54, 1.807) is 24.9 Å². The normalized spacial score (nSPS) is 11.8. The van der Waals surface area contributed by atoms with E-state index in [1.165, 1.54) is 19.9 Å². The number of ketones is 1. The molecule has 3 rings (SSSR count). The van der Waals surface area contributed by atoms with Crippen LogP contribution >= 0.6 is 11.8 Å². The first-order valence-electron chi connectivity index (χ1n) is 10.1. The van der Waals surface area contributed by atoms with Crippen molar-refractivity contribution < 1.29 is 23.8 Å².